The Hall–Kier alpha value is -4.05. The zero-order valence-corrected chi connectivity index (χ0v) is 19.5. The molecule has 2 amide bonds. The molecule has 0 unspecified atom stereocenters. The van der Waals surface area contributed by atoms with Crippen molar-refractivity contribution in [2.45, 2.75) is 38.1 Å². The Morgan fingerprint density at radius 1 is 1.14 bits per heavy atom. The van der Waals surface area contributed by atoms with Crippen LogP contribution < -0.4 is 5.32 Å². The smallest absolute Gasteiger partial charge is 0.247 e. The molecule has 2 aromatic heterocycles. The van der Waals surface area contributed by atoms with Crippen molar-refractivity contribution in [3.05, 3.63) is 84.1 Å². The van der Waals surface area contributed by atoms with Gasteiger partial charge in [-0.3, -0.25) is 9.59 Å². The van der Waals surface area contributed by atoms with Crippen LogP contribution in [0.5, 0.6) is 0 Å². The number of ether oxygens (including phenoxy) is 1. The maximum absolute atomic E-state index is 15.0. The van der Waals surface area contributed by atoms with E-state index in [-0.39, 0.29) is 31.3 Å². The minimum atomic E-state index is -1.22. The van der Waals surface area contributed by atoms with Crippen molar-refractivity contribution >= 4 is 22.8 Å². The molecule has 0 saturated carbocycles. The van der Waals surface area contributed by atoms with Gasteiger partial charge in [0.05, 0.1) is 24.4 Å². The van der Waals surface area contributed by atoms with E-state index in [1.807, 2.05) is 18.2 Å². The Labute approximate surface area is 206 Å². The highest BCUT2D eigenvalue weighted by Crippen LogP contribution is 2.27. The topological polar surface area (TPSA) is 102 Å². The number of carbonyl (C=O) groups excluding carboxylic acids is 2. The average molecular weight is 492 g/mol. The van der Waals surface area contributed by atoms with Crippen LogP contribution in [0.1, 0.15) is 30.2 Å². The van der Waals surface area contributed by atoms with Crippen LogP contribution in [0.25, 0.3) is 11.0 Å². The van der Waals surface area contributed by atoms with Crippen molar-refractivity contribution in [3.63, 3.8) is 0 Å². The summed E-state index contributed by atoms with van der Waals surface area (Å²) in [4.78, 5) is 28.7. The quantitative estimate of drug-likeness (QED) is 0.386. The summed E-state index contributed by atoms with van der Waals surface area (Å²) in [6, 6.07) is 15.5. The second-order valence-electron chi connectivity index (χ2n) is 8.64. The van der Waals surface area contributed by atoms with Crippen LogP contribution in [0.2, 0.25) is 0 Å². The maximum Gasteiger partial charge on any atom is 0.247 e. The molecule has 2 atom stereocenters. The predicted molar refractivity (Wildman–Crippen MR) is 128 cm³/mol. The summed E-state index contributed by atoms with van der Waals surface area (Å²) in [5.41, 5.74) is 1.44. The lowest BCUT2D eigenvalue weighted by Gasteiger charge is -2.33. The van der Waals surface area contributed by atoms with Crippen LogP contribution in [-0.2, 0) is 27.4 Å². The van der Waals surface area contributed by atoms with Crippen molar-refractivity contribution in [1.29, 1.82) is 0 Å². The molecule has 10 heteroatoms. The van der Waals surface area contributed by atoms with Gasteiger partial charge < -0.3 is 19.4 Å². The van der Waals surface area contributed by atoms with Crippen molar-refractivity contribution < 1.29 is 23.1 Å². The second-order valence-corrected chi connectivity index (χ2v) is 8.64. The molecule has 2 aromatic carbocycles. The number of nitrogens with zero attached hydrogens (tertiary/aromatic N) is 4. The van der Waals surface area contributed by atoms with Gasteiger partial charge in [0.25, 0.3) is 0 Å². The summed E-state index contributed by atoms with van der Waals surface area (Å²) in [6.45, 7) is 0.657. The van der Waals surface area contributed by atoms with Gasteiger partial charge in [-0.15, -0.1) is 5.10 Å². The van der Waals surface area contributed by atoms with Crippen molar-refractivity contribution in [2.24, 2.45) is 0 Å². The van der Waals surface area contributed by atoms with E-state index >= 15 is 4.39 Å². The first-order valence-corrected chi connectivity index (χ1v) is 11.8. The van der Waals surface area contributed by atoms with Crippen LogP contribution in [0.4, 0.5) is 4.39 Å². The Morgan fingerprint density at radius 2 is 1.97 bits per heavy atom. The summed E-state index contributed by atoms with van der Waals surface area (Å²) in [6.07, 6.45) is 2.85. The molecular weight excluding hydrogens is 465 g/mol. The van der Waals surface area contributed by atoms with Gasteiger partial charge in [0, 0.05) is 18.7 Å². The Kier molecular flexibility index (Phi) is 7.03. The standard InChI is InChI=1S/C26H26FN5O4/c27-21-10-2-1-9-20(21)25(26(34)28-15-18-7-5-13-35-18)31(16-19-8-6-14-36-19)24(33)17-32-23-12-4-3-11-22(23)29-30-32/h1-5,7,9-13,19,25H,6,8,14-17H2,(H,28,34)/t19-,25+/m1/s1. The number of benzene rings is 2. The van der Waals surface area contributed by atoms with Gasteiger partial charge in [-0.2, -0.15) is 0 Å². The lowest BCUT2D eigenvalue weighted by atomic mass is 10.0. The normalized spacial score (nSPS) is 16.2. The summed E-state index contributed by atoms with van der Waals surface area (Å²) >= 11 is 0. The second kappa shape index (κ2) is 10.7. The molecule has 1 aliphatic rings. The number of furan rings is 1. The summed E-state index contributed by atoms with van der Waals surface area (Å²) in [5, 5.41) is 11.0. The molecule has 1 aliphatic heterocycles. The largest absolute Gasteiger partial charge is 0.467 e. The van der Waals surface area contributed by atoms with Crippen LogP contribution >= 0.6 is 0 Å². The van der Waals surface area contributed by atoms with Crippen LogP contribution in [0.15, 0.2) is 71.3 Å². The van der Waals surface area contributed by atoms with E-state index in [0.29, 0.717) is 23.4 Å². The average Bonchev–Trinajstić information content (AvgIpc) is 3.67. The lowest BCUT2D eigenvalue weighted by Crippen LogP contribution is -2.48. The summed E-state index contributed by atoms with van der Waals surface area (Å²) < 4.78 is 27.6. The lowest BCUT2D eigenvalue weighted by molar-refractivity contribution is -0.143. The van der Waals surface area contributed by atoms with Crippen molar-refractivity contribution in [1.82, 2.24) is 25.2 Å². The van der Waals surface area contributed by atoms with E-state index < -0.39 is 23.7 Å². The highest BCUT2D eigenvalue weighted by atomic mass is 19.1. The third-order valence-electron chi connectivity index (χ3n) is 6.23. The molecule has 9 nitrogen and oxygen atoms in total. The first-order chi connectivity index (χ1) is 17.6. The molecular formula is C26H26FN5O4. The molecule has 1 fully saturated rings. The number of nitrogens with one attached hydrogen (secondary N) is 1. The van der Waals surface area contributed by atoms with E-state index in [1.165, 1.54) is 28.0 Å². The maximum atomic E-state index is 15.0. The van der Waals surface area contributed by atoms with E-state index in [1.54, 1.807) is 30.3 Å². The summed E-state index contributed by atoms with van der Waals surface area (Å²) in [7, 11) is 0. The molecule has 0 spiro atoms. The number of hydrogen-bond acceptors (Lipinski definition) is 6. The highest BCUT2D eigenvalue weighted by molar-refractivity contribution is 5.89. The van der Waals surface area contributed by atoms with Gasteiger partial charge in [-0.05, 0) is 43.2 Å². The Bertz CT molecular complexity index is 1330. The first-order valence-electron chi connectivity index (χ1n) is 11.8. The fourth-order valence-corrected chi connectivity index (χ4v) is 4.44. The van der Waals surface area contributed by atoms with Crippen molar-refractivity contribution in [3.8, 4) is 0 Å². The summed E-state index contributed by atoms with van der Waals surface area (Å²) in [5.74, 6) is -0.956. The molecule has 36 heavy (non-hydrogen) atoms. The molecule has 0 bridgehead atoms. The monoisotopic (exact) mass is 491 g/mol. The number of carbonyl (C=O) groups is 2. The zero-order valence-electron chi connectivity index (χ0n) is 19.5. The number of aromatic nitrogens is 3. The zero-order chi connectivity index (χ0) is 24.9. The fourth-order valence-electron chi connectivity index (χ4n) is 4.44. The molecule has 5 rings (SSSR count). The van der Waals surface area contributed by atoms with Crippen LogP contribution in [0, 0.1) is 5.82 Å². The first kappa shape index (κ1) is 23.7. The molecule has 0 aliphatic carbocycles. The van der Waals surface area contributed by atoms with Gasteiger partial charge in [0.1, 0.15) is 29.7 Å². The minimum Gasteiger partial charge on any atom is -0.467 e. The number of amides is 2. The van der Waals surface area contributed by atoms with Gasteiger partial charge >= 0.3 is 0 Å². The van der Waals surface area contributed by atoms with Gasteiger partial charge in [-0.25, -0.2) is 9.07 Å². The molecule has 1 saturated heterocycles. The Morgan fingerprint density at radius 3 is 2.75 bits per heavy atom. The Balaban J connectivity index is 1.48. The number of rotatable bonds is 9. The molecule has 3 heterocycles. The fraction of sp³-hybridized carbons (Fsp3) is 0.308. The van der Waals surface area contributed by atoms with Crippen molar-refractivity contribution in [2.75, 3.05) is 13.2 Å². The molecule has 4 aromatic rings. The van der Waals surface area contributed by atoms with Crippen LogP contribution in [-0.4, -0.2) is 51.0 Å². The SMILES string of the molecule is O=C(NCc1ccco1)[C@H](c1ccccc1F)N(C[C@H]1CCCO1)C(=O)Cn1nnc2ccccc21. The van der Waals surface area contributed by atoms with E-state index in [4.69, 9.17) is 9.15 Å². The number of para-hydroxylation sites is 1. The van der Waals surface area contributed by atoms with Gasteiger partial charge in [0.15, 0.2) is 0 Å². The van der Waals surface area contributed by atoms with E-state index in [2.05, 4.69) is 15.6 Å². The van der Waals surface area contributed by atoms with Gasteiger partial charge in [-0.1, -0.05) is 35.5 Å². The highest BCUT2D eigenvalue weighted by Gasteiger charge is 2.36. The van der Waals surface area contributed by atoms with Gasteiger partial charge in [0.2, 0.25) is 11.8 Å². The van der Waals surface area contributed by atoms with E-state index in [0.717, 1.165) is 12.8 Å². The number of fused-ring (bicyclic) bond motifs is 1. The predicted octanol–water partition coefficient (Wildman–Crippen LogP) is 3.23. The number of hydrogen-bond donors (Lipinski definition) is 1. The molecule has 1 N–H and O–H groups in total. The molecule has 186 valence electrons. The number of halogens is 1. The molecule has 0 radical (unpaired) electrons. The third kappa shape index (κ3) is 5.13. The van der Waals surface area contributed by atoms with E-state index in [9.17, 15) is 9.59 Å². The third-order valence-corrected chi connectivity index (χ3v) is 6.23. The van der Waals surface area contributed by atoms with Crippen LogP contribution in [0.3, 0.4) is 0 Å². The minimum absolute atomic E-state index is 0.101.